The van der Waals surface area contributed by atoms with E-state index in [1.54, 1.807) is 0 Å². The number of rotatable bonds is 5. The maximum Gasteiger partial charge on any atom is 0.167 e. The van der Waals surface area contributed by atoms with Gasteiger partial charge in [0.15, 0.2) is 5.78 Å². The van der Waals surface area contributed by atoms with Gasteiger partial charge in [0.1, 0.15) is 0 Å². The van der Waals surface area contributed by atoms with Crippen LogP contribution in [0.25, 0.3) is 0 Å². The summed E-state index contributed by atoms with van der Waals surface area (Å²) in [5.41, 5.74) is 2.80. The van der Waals surface area contributed by atoms with Crippen molar-refractivity contribution in [3.8, 4) is 0 Å². The molecule has 0 amide bonds. The number of hydrogen-bond acceptors (Lipinski definition) is 2. The van der Waals surface area contributed by atoms with Crippen molar-refractivity contribution in [3.05, 3.63) is 65.7 Å². The Hall–Kier alpha value is -2.09. The monoisotopic (exact) mass is 253 g/mol. The summed E-state index contributed by atoms with van der Waals surface area (Å²) < 4.78 is 0. The van der Waals surface area contributed by atoms with Crippen LogP contribution < -0.4 is 5.32 Å². The van der Waals surface area contributed by atoms with Crippen LogP contribution in [0.5, 0.6) is 0 Å². The number of ketones is 1. The third-order valence-electron chi connectivity index (χ3n) is 2.85. The molecule has 0 aliphatic rings. The molecule has 2 nitrogen and oxygen atoms in total. The summed E-state index contributed by atoms with van der Waals surface area (Å²) in [5, 5.41) is 3.31. The van der Waals surface area contributed by atoms with Gasteiger partial charge in [-0.1, -0.05) is 42.5 Å². The SMILES string of the molecule is CC(C)Nc1cccc(C(=O)Cc2ccccc2)c1. The molecule has 0 aromatic heterocycles. The summed E-state index contributed by atoms with van der Waals surface area (Å²) in [6, 6.07) is 17.9. The Morgan fingerprint density at radius 2 is 1.79 bits per heavy atom. The molecule has 0 saturated heterocycles. The number of anilines is 1. The van der Waals surface area contributed by atoms with E-state index in [2.05, 4.69) is 19.2 Å². The van der Waals surface area contributed by atoms with Gasteiger partial charge in [0.25, 0.3) is 0 Å². The standard InChI is InChI=1S/C17H19NO/c1-13(2)18-16-10-6-9-15(12-16)17(19)11-14-7-4-3-5-8-14/h3-10,12-13,18H,11H2,1-2H3. The number of carbonyl (C=O) groups excluding carboxylic acids is 1. The highest BCUT2D eigenvalue weighted by molar-refractivity contribution is 5.98. The van der Waals surface area contributed by atoms with Gasteiger partial charge in [0.2, 0.25) is 0 Å². The van der Waals surface area contributed by atoms with Gasteiger partial charge in [0, 0.05) is 23.7 Å². The van der Waals surface area contributed by atoms with E-state index >= 15 is 0 Å². The van der Waals surface area contributed by atoms with E-state index in [0.717, 1.165) is 16.8 Å². The van der Waals surface area contributed by atoms with Crippen LogP contribution in [0.15, 0.2) is 54.6 Å². The molecular weight excluding hydrogens is 234 g/mol. The van der Waals surface area contributed by atoms with Crippen LogP contribution in [0.1, 0.15) is 29.8 Å². The predicted octanol–water partition coefficient (Wildman–Crippen LogP) is 3.93. The van der Waals surface area contributed by atoms with E-state index in [0.29, 0.717) is 12.5 Å². The second-order valence-electron chi connectivity index (χ2n) is 4.97. The molecule has 0 radical (unpaired) electrons. The lowest BCUT2D eigenvalue weighted by Gasteiger charge is -2.11. The lowest BCUT2D eigenvalue weighted by molar-refractivity contribution is 0.0993. The van der Waals surface area contributed by atoms with Crippen molar-refractivity contribution < 1.29 is 4.79 Å². The molecule has 0 unspecified atom stereocenters. The molecule has 1 N–H and O–H groups in total. The van der Waals surface area contributed by atoms with E-state index in [9.17, 15) is 4.79 Å². The highest BCUT2D eigenvalue weighted by atomic mass is 16.1. The Balaban J connectivity index is 2.11. The van der Waals surface area contributed by atoms with Crippen molar-refractivity contribution in [3.63, 3.8) is 0 Å². The van der Waals surface area contributed by atoms with Crippen LogP contribution in [-0.4, -0.2) is 11.8 Å². The average Bonchev–Trinajstić information content (AvgIpc) is 2.39. The van der Waals surface area contributed by atoms with Gasteiger partial charge in [0.05, 0.1) is 0 Å². The fourth-order valence-electron chi connectivity index (χ4n) is 2.00. The topological polar surface area (TPSA) is 29.1 Å². The molecule has 0 fully saturated rings. The summed E-state index contributed by atoms with van der Waals surface area (Å²) in [4.78, 5) is 12.2. The molecule has 2 rings (SSSR count). The van der Waals surface area contributed by atoms with Crippen molar-refractivity contribution >= 4 is 11.5 Å². The first-order chi connectivity index (χ1) is 9.15. The first kappa shape index (κ1) is 13.3. The summed E-state index contributed by atoms with van der Waals surface area (Å²) in [5.74, 6) is 0.151. The molecule has 0 atom stereocenters. The molecule has 0 aliphatic carbocycles. The summed E-state index contributed by atoms with van der Waals surface area (Å²) in [6.07, 6.45) is 0.450. The molecule has 0 aliphatic heterocycles. The Labute approximate surface area is 114 Å². The van der Waals surface area contributed by atoms with Gasteiger partial charge < -0.3 is 5.32 Å². The zero-order valence-electron chi connectivity index (χ0n) is 11.4. The van der Waals surface area contributed by atoms with Crippen LogP contribution in [0, 0.1) is 0 Å². The van der Waals surface area contributed by atoms with Crippen molar-refractivity contribution in [2.45, 2.75) is 26.3 Å². The van der Waals surface area contributed by atoms with Crippen molar-refractivity contribution in [2.75, 3.05) is 5.32 Å². The fraction of sp³-hybridized carbons (Fsp3) is 0.235. The molecule has 0 bridgehead atoms. The minimum atomic E-state index is 0.151. The maximum absolute atomic E-state index is 12.2. The van der Waals surface area contributed by atoms with Crippen molar-refractivity contribution in [1.29, 1.82) is 0 Å². The van der Waals surface area contributed by atoms with E-state index in [1.165, 1.54) is 0 Å². The van der Waals surface area contributed by atoms with E-state index in [-0.39, 0.29) is 5.78 Å². The minimum Gasteiger partial charge on any atom is -0.383 e. The molecule has 0 saturated carbocycles. The maximum atomic E-state index is 12.2. The highest BCUT2D eigenvalue weighted by Gasteiger charge is 2.07. The molecule has 2 heteroatoms. The number of carbonyl (C=O) groups is 1. The van der Waals surface area contributed by atoms with Crippen molar-refractivity contribution in [2.24, 2.45) is 0 Å². The summed E-state index contributed by atoms with van der Waals surface area (Å²) in [6.45, 7) is 4.16. The van der Waals surface area contributed by atoms with E-state index in [4.69, 9.17) is 0 Å². The zero-order chi connectivity index (χ0) is 13.7. The molecule has 2 aromatic carbocycles. The van der Waals surface area contributed by atoms with Gasteiger partial charge in [-0.2, -0.15) is 0 Å². The Bertz CT molecular complexity index is 546. The van der Waals surface area contributed by atoms with Gasteiger partial charge in [-0.3, -0.25) is 4.79 Å². The first-order valence-corrected chi connectivity index (χ1v) is 6.59. The van der Waals surface area contributed by atoms with Crippen LogP contribution in [-0.2, 0) is 6.42 Å². The normalized spacial score (nSPS) is 10.5. The second kappa shape index (κ2) is 6.19. The number of nitrogens with one attached hydrogen (secondary N) is 1. The van der Waals surface area contributed by atoms with Gasteiger partial charge in [-0.05, 0) is 31.5 Å². The molecule has 0 spiro atoms. The second-order valence-corrected chi connectivity index (χ2v) is 4.97. The smallest absolute Gasteiger partial charge is 0.167 e. The fourth-order valence-corrected chi connectivity index (χ4v) is 2.00. The molecule has 98 valence electrons. The quantitative estimate of drug-likeness (QED) is 0.818. The minimum absolute atomic E-state index is 0.151. The summed E-state index contributed by atoms with van der Waals surface area (Å²) in [7, 11) is 0. The number of benzene rings is 2. The molecule has 0 heterocycles. The number of Topliss-reactive ketones (excluding diaryl/α,β-unsaturated/α-hetero) is 1. The Morgan fingerprint density at radius 1 is 1.05 bits per heavy atom. The van der Waals surface area contributed by atoms with Gasteiger partial charge in [-0.15, -0.1) is 0 Å². The lowest BCUT2D eigenvalue weighted by Crippen LogP contribution is -2.10. The third-order valence-corrected chi connectivity index (χ3v) is 2.85. The molecular formula is C17H19NO. The van der Waals surface area contributed by atoms with Crippen molar-refractivity contribution in [1.82, 2.24) is 0 Å². The van der Waals surface area contributed by atoms with Crippen LogP contribution >= 0.6 is 0 Å². The first-order valence-electron chi connectivity index (χ1n) is 6.59. The molecule has 2 aromatic rings. The van der Waals surface area contributed by atoms with Gasteiger partial charge in [-0.25, -0.2) is 0 Å². The largest absolute Gasteiger partial charge is 0.383 e. The highest BCUT2D eigenvalue weighted by Crippen LogP contribution is 2.14. The Morgan fingerprint density at radius 3 is 2.47 bits per heavy atom. The summed E-state index contributed by atoms with van der Waals surface area (Å²) >= 11 is 0. The van der Waals surface area contributed by atoms with Gasteiger partial charge >= 0.3 is 0 Å². The van der Waals surface area contributed by atoms with E-state index < -0.39 is 0 Å². The van der Waals surface area contributed by atoms with Crippen LogP contribution in [0.2, 0.25) is 0 Å². The third kappa shape index (κ3) is 3.95. The Kier molecular flexibility index (Phi) is 4.35. The predicted molar refractivity (Wildman–Crippen MR) is 79.7 cm³/mol. The molecule has 19 heavy (non-hydrogen) atoms. The van der Waals surface area contributed by atoms with Crippen LogP contribution in [0.4, 0.5) is 5.69 Å². The zero-order valence-corrected chi connectivity index (χ0v) is 11.4. The average molecular weight is 253 g/mol. The number of hydrogen-bond donors (Lipinski definition) is 1. The van der Waals surface area contributed by atoms with E-state index in [1.807, 2.05) is 54.6 Å². The lowest BCUT2D eigenvalue weighted by atomic mass is 10.0. The van der Waals surface area contributed by atoms with Crippen LogP contribution in [0.3, 0.4) is 0 Å².